The first-order valence-electron chi connectivity index (χ1n) is 7.07. The van der Waals surface area contributed by atoms with Crippen LogP contribution in [0.2, 0.25) is 0 Å². The number of carbonyl (C=O) groups is 2. The standard InChI is InChI=1S/C17H17NO3/c1-11(18-10-15(17(20)21)9-16(18)19)13-7-6-12-4-2-3-5-14(12)8-13/h2-8,11,15H,9-10H2,1H3,(H,20,21)/t11-,15?/m0/s1. The van der Waals surface area contributed by atoms with Crippen LogP contribution in [0.4, 0.5) is 0 Å². The zero-order valence-corrected chi connectivity index (χ0v) is 11.8. The molecule has 2 aromatic carbocycles. The van der Waals surface area contributed by atoms with Gasteiger partial charge in [-0.25, -0.2) is 0 Å². The van der Waals surface area contributed by atoms with Gasteiger partial charge in [-0.15, -0.1) is 0 Å². The third-order valence-electron chi connectivity index (χ3n) is 4.23. The average molecular weight is 283 g/mol. The molecule has 0 saturated carbocycles. The molecule has 108 valence electrons. The van der Waals surface area contributed by atoms with E-state index in [0.717, 1.165) is 16.3 Å². The number of aliphatic carboxylic acids is 1. The predicted molar refractivity (Wildman–Crippen MR) is 79.8 cm³/mol. The quantitative estimate of drug-likeness (QED) is 0.942. The molecule has 1 heterocycles. The van der Waals surface area contributed by atoms with E-state index in [0.29, 0.717) is 6.54 Å². The number of hydrogen-bond donors (Lipinski definition) is 1. The molecule has 1 saturated heterocycles. The zero-order valence-electron chi connectivity index (χ0n) is 11.8. The summed E-state index contributed by atoms with van der Waals surface area (Å²) in [4.78, 5) is 24.7. The topological polar surface area (TPSA) is 57.6 Å². The van der Waals surface area contributed by atoms with E-state index in [2.05, 4.69) is 6.07 Å². The van der Waals surface area contributed by atoms with Gasteiger partial charge < -0.3 is 10.0 Å². The van der Waals surface area contributed by atoms with Gasteiger partial charge in [0.05, 0.1) is 12.0 Å². The summed E-state index contributed by atoms with van der Waals surface area (Å²) in [7, 11) is 0. The highest BCUT2D eigenvalue weighted by atomic mass is 16.4. The molecule has 1 fully saturated rings. The van der Waals surface area contributed by atoms with Crippen LogP contribution in [-0.2, 0) is 9.59 Å². The Bertz CT molecular complexity index is 710. The molecule has 1 aliphatic heterocycles. The Morgan fingerprint density at radius 3 is 2.62 bits per heavy atom. The van der Waals surface area contributed by atoms with Gasteiger partial charge in [0.15, 0.2) is 0 Å². The second kappa shape index (κ2) is 5.20. The highest BCUT2D eigenvalue weighted by Gasteiger charge is 2.36. The number of carboxylic acid groups (broad SMARTS) is 1. The Balaban J connectivity index is 1.88. The number of carboxylic acids is 1. The van der Waals surface area contributed by atoms with Gasteiger partial charge in [-0.1, -0.05) is 36.4 Å². The smallest absolute Gasteiger partial charge is 0.308 e. The second-order valence-corrected chi connectivity index (χ2v) is 5.57. The fourth-order valence-electron chi connectivity index (χ4n) is 2.92. The summed E-state index contributed by atoms with van der Waals surface area (Å²) < 4.78 is 0. The number of likely N-dealkylation sites (tertiary alicyclic amines) is 1. The van der Waals surface area contributed by atoms with Crippen LogP contribution < -0.4 is 0 Å². The van der Waals surface area contributed by atoms with E-state index in [1.54, 1.807) is 4.90 Å². The predicted octanol–water partition coefficient (Wildman–Crippen LogP) is 2.83. The molecule has 21 heavy (non-hydrogen) atoms. The summed E-state index contributed by atoms with van der Waals surface area (Å²) in [6.07, 6.45) is 0.104. The van der Waals surface area contributed by atoms with E-state index in [-0.39, 0.29) is 18.4 Å². The van der Waals surface area contributed by atoms with Gasteiger partial charge >= 0.3 is 5.97 Å². The van der Waals surface area contributed by atoms with E-state index >= 15 is 0 Å². The van der Waals surface area contributed by atoms with Gasteiger partial charge in [0.2, 0.25) is 5.91 Å². The van der Waals surface area contributed by atoms with Crippen LogP contribution in [0.25, 0.3) is 10.8 Å². The number of benzene rings is 2. The number of hydrogen-bond acceptors (Lipinski definition) is 2. The molecule has 3 rings (SSSR count). The van der Waals surface area contributed by atoms with Crippen molar-refractivity contribution in [2.75, 3.05) is 6.54 Å². The lowest BCUT2D eigenvalue weighted by Gasteiger charge is -2.25. The van der Waals surface area contributed by atoms with Gasteiger partial charge in [-0.2, -0.15) is 0 Å². The minimum absolute atomic E-state index is 0.0805. The second-order valence-electron chi connectivity index (χ2n) is 5.57. The Hall–Kier alpha value is -2.36. The molecule has 2 aromatic rings. The van der Waals surface area contributed by atoms with Crippen LogP contribution in [0.15, 0.2) is 42.5 Å². The van der Waals surface area contributed by atoms with Crippen LogP contribution in [0.3, 0.4) is 0 Å². The van der Waals surface area contributed by atoms with Gasteiger partial charge in [-0.3, -0.25) is 9.59 Å². The summed E-state index contributed by atoms with van der Waals surface area (Å²) in [6.45, 7) is 2.24. The average Bonchev–Trinajstić information content (AvgIpc) is 2.88. The molecular weight excluding hydrogens is 266 g/mol. The zero-order chi connectivity index (χ0) is 15.0. The SMILES string of the molecule is C[C@@H](c1ccc2ccccc2c1)N1CC(C(=O)O)CC1=O. The van der Waals surface area contributed by atoms with E-state index < -0.39 is 11.9 Å². The molecule has 4 heteroatoms. The van der Waals surface area contributed by atoms with Crippen LogP contribution in [0.5, 0.6) is 0 Å². The molecule has 0 aromatic heterocycles. The van der Waals surface area contributed by atoms with E-state index in [9.17, 15) is 9.59 Å². The van der Waals surface area contributed by atoms with Gasteiger partial charge in [0, 0.05) is 13.0 Å². The largest absolute Gasteiger partial charge is 0.481 e. The Morgan fingerprint density at radius 2 is 1.95 bits per heavy atom. The van der Waals surface area contributed by atoms with Gasteiger partial charge in [-0.05, 0) is 29.3 Å². The molecule has 0 bridgehead atoms. The van der Waals surface area contributed by atoms with E-state index in [1.807, 2.05) is 43.3 Å². The molecule has 1 amide bonds. The van der Waals surface area contributed by atoms with Crippen LogP contribution in [-0.4, -0.2) is 28.4 Å². The molecule has 0 spiro atoms. The first-order chi connectivity index (χ1) is 10.1. The fraction of sp³-hybridized carbons (Fsp3) is 0.294. The minimum Gasteiger partial charge on any atom is -0.481 e. The lowest BCUT2D eigenvalue weighted by molar-refractivity contribution is -0.141. The highest BCUT2D eigenvalue weighted by molar-refractivity contribution is 5.87. The number of nitrogens with zero attached hydrogens (tertiary/aromatic N) is 1. The lowest BCUT2D eigenvalue weighted by atomic mass is 10.0. The maximum Gasteiger partial charge on any atom is 0.308 e. The summed E-state index contributed by atoms with van der Waals surface area (Å²) >= 11 is 0. The summed E-state index contributed by atoms with van der Waals surface area (Å²) in [5, 5.41) is 11.3. The van der Waals surface area contributed by atoms with Crippen molar-refractivity contribution in [3.63, 3.8) is 0 Å². The monoisotopic (exact) mass is 283 g/mol. The molecule has 1 aliphatic rings. The molecule has 0 radical (unpaired) electrons. The summed E-state index contributed by atoms with van der Waals surface area (Å²) in [5.74, 6) is -1.56. The van der Waals surface area contributed by atoms with Gasteiger partial charge in [0.1, 0.15) is 0 Å². The van der Waals surface area contributed by atoms with Crippen molar-refractivity contribution in [2.24, 2.45) is 5.92 Å². The Labute approximate surface area is 123 Å². The number of fused-ring (bicyclic) bond motifs is 1. The van der Waals surface area contributed by atoms with Crippen molar-refractivity contribution in [3.8, 4) is 0 Å². The highest BCUT2D eigenvalue weighted by Crippen LogP contribution is 2.30. The molecule has 4 nitrogen and oxygen atoms in total. The van der Waals surface area contributed by atoms with Crippen LogP contribution >= 0.6 is 0 Å². The normalized spacial score (nSPS) is 20.0. The molecule has 0 aliphatic carbocycles. The van der Waals surface area contributed by atoms with Crippen molar-refractivity contribution in [1.29, 1.82) is 0 Å². The van der Waals surface area contributed by atoms with Crippen LogP contribution in [0.1, 0.15) is 24.9 Å². The van der Waals surface area contributed by atoms with Crippen molar-refractivity contribution in [2.45, 2.75) is 19.4 Å². The summed E-state index contributed by atoms with van der Waals surface area (Å²) in [6, 6.07) is 14.1. The third kappa shape index (κ3) is 2.49. The fourth-order valence-corrected chi connectivity index (χ4v) is 2.92. The van der Waals surface area contributed by atoms with Crippen molar-refractivity contribution >= 4 is 22.6 Å². The first kappa shape index (κ1) is 13.6. The lowest BCUT2D eigenvalue weighted by Crippen LogP contribution is -2.29. The van der Waals surface area contributed by atoms with Crippen molar-refractivity contribution in [1.82, 2.24) is 4.90 Å². The molecule has 1 N–H and O–H groups in total. The molecular formula is C17H17NO3. The van der Waals surface area contributed by atoms with Crippen molar-refractivity contribution in [3.05, 3.63) is 48.0 Å². The Kier molecular flexibility index (Phi) is 3.37. The van der Waals surface area contributed by atoms with E-state index in [4.69, 9.17) is 5.11 Å². The van der Waals surface area contributed by atoms with E-state index in [1.165, 1.54) is 0 Å². The first-order valence-corrected chi connectivity index (χ1v) is 7.07. The maximum absolute atomic E-state index is 12.0. The number of amides is 1. The summed E-state index contributed by atoms with van der Waals surface area (Å²) in [5.41, 5.74) is 1.04. The third-order valence-corrected chi connectivity index (χ3v) is 4.23. The minimum atomic E-state index is -0.892. The maximum atomic E-state index is 12.0. The molecule has 1 unspecified atom stereocenters. The molecule has 2 atom stereocenters. The Morgan fingerprint density at radius 1 is 1.24 bits per heavy atom. The van der Waals surface area contributed by atoms with Crippen molar-refractivity contribution < 1.29 is 14.7 Å². The number of rotatable bonds is 3. The van der Waals surface area contributed by atoms with Crippen LogP contribution in [0, 0.1) is 5.92 Å². The van der Waals surface area contributed by atoms with Gasteiger partial charge in [0.25, 0.3) is 0 Å². The number of carbonyl (C=O) groups excluding carboxylic acids is 1.